The summed E-state index contributed by atoms with van der Waals surface area (Å²) in [7, 11) is 3.89. The van der Waals surface area contributed by atoms with E-state index < -0.39 is 0 Å². The SMILES string of the molecule is CC.CN(C)c1ccc(C(N)=O)cc1.[HH]. The molecule has 0 aliphatic carbocycles. The number of amides is 1. The van der Waals surface area contributed by atoms with Crippen LogP contribution in [0.4, 0.5) is 5.69 Å². The minimum atomic E-state index is -0.389. The van der Waals surface area contributed by atoms with Crippen LogP contribution in [0.2, 0.25) is 0 Å². The van der Waals surface area contributed by atoms with E-state index in [9.17, 15) is 4.79 Å². The van der Waals surface area contributed by atoms with Crippen molar-refractivity contribution in [1.29, 1.82) is 0 Å². The first-order chi connectivity index (χ1) is 6.61. The monoisotopic (exact) mass is 196 g/mol. The Morgan fingerprint density at radius 3 is 1.93 bits per heavy atom. The van der Waals surface area contributed by atoms with Gasteiger partial charge in [-0.2, -0.15) is 0 Å². The highest BCUT2D eigenvalue weighted by Gasteiger charge is 1.99. The van der Waals surface area contributed by atoms with Gasteiger partial charge in [-0.25, -0.2) is 0 Å². The van der Waals surface area contributed by atoms with E-state index in [1.165, 1.54) is 0 Å². The van der Waals surface area contributed by atoms with Crippen LogP contribution >= 0.6 is 0 Å². The Morgan fingerprint density at radius 2 is 1.64 bits per heavy atom. The molecule has 0 heterocycles. The standard InChI is InChI=1S/C9H12N2O.C2H6.H2/c1-11(2)8-5-3-7(4-6-8)9(10)12;1-2;/h3-6H,1-2H3,(H2,10,12);1-2H3;1H. The lowest BCUT2D eigenvalue weighted by Crippen LogP contribution is -2.12. The predicted octanol–water partition coefficient (Wildman–Crippen LogP) is 2.12. The van der Waals surface area contributed by atoms with Crippen molar-refractivity contribution in [1.82, 2.24) is 0 Å². The van der Waals surface area contributed by atoms with Gasteiger partial charge in [0.2, 0.25) is 5.91 Å². The molecule has 0 spiro atoms. The van der Waals surface area contributed by atoms with Crippen LogP contribution in [-0.4, -0.2) is 20.0 Å². The van der Waals surface area contributed by atoms with Crippen LogP contribution in [0.3, 0.4) is 0 Å². The third-order valence-electron chi connectivity index (χ3n) is 1.67. The maximum atomic E-state index is 10.7. The summed E-state index contributed by atoms with van der Waals surface area (Å²) in [5.74, 6) is -0.389. The van der Waals surface area contributed by atoms with Crippen molar-refractivity contribution < 1.29 is 6.22 Å². The molecular weight excluding hydrogens is 176 g/mol. The number of hydrogen-bond acceptors (Lipinski definition) is 2. The molecule has 0 radical (unpaired) electrons. The smallest absolute Gasteiger partial charge is 0.248 e. The van der Waals surface area contributed by atoms with Gasteiger partial charge in [0, 0.05) is 26.8 Å². The minimum Gasteiger partial charge on any atom is -0.378 e. The average molecular weight is 196 g/mol. The van der Waals surface area contributed by atoms with Crippen molar-refractivity contribution in [2.45, 2.75) is 13.8 Å². The van der Waals surface area contributed by atoms with Crippen LogP contribution in [0.1, 0.15) is 25.6 Å². The molecule has 80 valence electrons. The van der Waals surface area contributed by atoms with Gasteiger partial charge in [-0.15, -0.1) is 0 Å². The van der Waals surface area contributed by atoms with E-state index in [2.05, 4.69) is 0 Å². The average Bonchev–Trinajstić information content (AvgIpc) is 2.21. The largest absolute Gasteiger partial charge is 0.378 e. The van der Waals surface area contributed by atoms with E-state index in [0.717, 1.165) is 5.69 Å². The Labute approximate surface area is 87.0 Å². The van der Waals surface area contributed by atoms with Crippen molar-refractivity contribution in [3.05, 3.63) is 29.8 Å². The van der Waals surface area contributed by atoms with Gasteiger partial charge in [-0.05, 0) is 24.3 Å². The van der Waals surface area contributed by atoms with Gasteiger partial charge >= 0.3 is 0 Å². The summed E-state index contributed by atoms with van der Waals surface area (Å²) in [4.78, 5) is 12.7. The first-order valence-electron chi connectivity index (χ1n) is 4.68. The number of anilines is 1. The van der Waals surface area contributed by atoms with Crippen LogP contribution < -0.4 is 10.6 Å². The van der Waals surface area contributed by atoms with E-state index in [1.807, 2.05) is 45.0 Å². The molecular formula is C11H20N2O. The predicted molar refractivity (Wildman–Crippen MR) is 62.7 cm³/mol. The summed E-state index contributed by atoms with van der Waals surface area (Å²) < 4.78 is 0. The zero-order valence-electron chi connectivity index (χ0n) is 9.24. The van der Waals surface area contributed by atoms with Gasteiger partial charge in [0.25, 0.3) is 0 Å². The number of nitrogens with two attached hydrogens (primary N) is 1. The van der Waals surface area contributed by atoms with Gasteiger partial charge in [0.05, 0.1) is 0 Å². The van der Waals surface area contributed by atoms with Crippen molar-refractivity contribution in [2.24, 2.45) is 5.73 Å². The van der Waals surface area contributed by atoms with E-state index in [1.54, 1.807) is 12.1 Å². The molecule has 0 aliphatic rings. The van der Waals surface area contributed by atoms with Gasteiger partial charge in [0.15, 0.2) is 0 Å². The van der Waals surface area contributed by atoms with E-state index in [0.29, 0.717) is 5.56 Å². The first-order valence-corrected chi connectivity index (χ1v) is 4.68. The van der Waals surface area contributed by atoms with Gasteiger partial charge in [0.1, 0.15) is 0 Å². The van der Waals surface area contributed by atoms with E-state index >= 15 is 0 Å². The van der Waals surface area contributed by atoms with Crippen molar-refractivity contribution in [3.8, 4) is 0 Å². The fourth-order valence-electron chi connectivity index (χ4n) is 0.924. The Hall–Kier alpha value is -1.51. The number of primary amides is 1. The first kappa shape index (κ1) is 12.5. The topological polar surface area (TPSA) is 46.3 Å². The fourth-order valence-corrected chi connectivity index (χ4v) is 0.924. The fraction of sp³-hybridized carbons (Fsp3) is 0.364. The van der Waals surface area contributed by atoms with Crippen LogP contribution in [0.5, 0.6) is 0 Å². The Morgan fingerprint density at radius 1 is 1.21 bits per heavy atom. The number of benzene rings is 1. The number of hydrogen-bond donors (Lipinski definition) is 1. The summed E-state index contributed by atoms with van der Waals surface area (Å²) in [6, 6.07) is 7.16. The van der Waals surface area contributed by atoms with Crippen molar-refractivity contribution >= 4 is 11.6 Å². The number of carbonyl (C=O) groups is 1. The van der Waals surface area contributed by atoms with Gasteiger partial charge in [-0.3, -0.25) is 4.79 Å². The Bertz CT molecular complexity index is 283. The van der Waals surface area contributed by atoms with Gasteiger partial charge in [-0.1, -0.05) is 13.8 Å². The van der Waals surface area contributed by atoms with E-state index in [-0.39, 0.29) is 7.33 Å². The molecule has 3 nitrogen and oxygen atoms in total. The second-order valence-corrected chi connectivity index (χ2v) is 2.81. The molecule has 0 bridgehead atoms. The minimum absolute atomic E-state index is 0. The molecule has 0 atom stereocenters. The molecule has 0 saturated carbocycles. The zero-order chi connectivity index (χ0) is 11.1. The number of rotatable bonds is 2. The highest BCUT2D eigenvalue weighted by Crippen LogP contribution is 2.11. The molecule has 0 saturated heterocycles. The maximum absolute atomic E-state index is 10.7. The molecule has 1 amide bonds. The quantitative estimate of drug-likeness (QED) is 0.787. The normalized spacial score (nSPS) is 8.57. The van der Waals surface area contributed by atoms with Crippen LogP contribution in [0, 0.1) is 0 Å². The molecule has 3 heteroatoms. The summed E-state index contributed by atoms with van der Waals surface area (Å²) >= 11 is 0. The molecule has 0 aromatic heterocycles. The highest BCUT2D eigenvalue weighted by atomic mass is 16.1. The molecule has 2 N–H and O–H groups in total. The third kappa shape index (κ3) is 3.47. The summed E-state index contributed by atoms with van der Waals surface area (Å²) in [6.45, 7) is 4.00. The molecule has 0 fully saturated rings. The number of nitrogens with zero attached hydrogens (tertiary/aromatic N) is 1. The molecule has 1 aromatic carbocycles. The molecule has 1 rings (SSSR count). The summed E-state index contributed by atoms with van der Waals surface area (Å²) in [5.41, 5.74) is 6.69. The Kier molecular flexibility index (Phi) is 5.37. The van der Waals surface area contributed by atoms with E-state index in [4.69, 9.17) is 5.73 Å². The number of carbonyl (C=O) groups excluding carboxylic acids is 1. The molecule has 14 heavy (non-hydrogen) atoms. The highest BCUT2D eigenvalue weighted by molar-refractivity contribution is 5.93. The molecule has 0 aliphatic heterocycles. The van der Waals surface area contributed by atoms with Crippen LogP contribution in [0.25, 0.3) is 0 Å². The van der Waals surface area contributed by atoms with Crippen molar-refractivity contribution in [2.75, 3.05) is 19.0 Å². The van der Waals surface area contributed by atoms with Crippen molar-refractivity contribution in [3.63, 3.8) is 0 Å². The molecule has 1 aromatic rings. The van der Waals surface area contributed by atoms with Crippen LogP contribution in [-0.2, 0) is 0 Å². The summed E-state index contributed by atoms with van der Waals surface area (Å²) in [6.07, 6.45) is 0. The van der Waals surface area contributed by atoms with Crippen LogP contribution in [0.15, 0.2) is 24.3 Å². The maximum Gasteiger partial charge on any atom is 0.248 e. The molecule has 0 unspecified atom stereocenters. The lowest BCUT2D eigenvalue weighted by atomic mass is 10.2. The van der Waals surface area contributed by atoms with Gasteiger partial charge < -0.3 is 10.6 Å². The lowest BCUT2D eigenvalue weighted by molar-refractivity contribution is 0.100. The zero-order valence-corrected chi connectivity index (χ0v) is 9.24. The Balaban J connectivity index is 0. The second-order valence-electron chi connectivity index (χ2n) is 2.81. The summed E-state index contributed by atoms with van der Waals surface area (Å²) in [5, 5.41) is 0. The third-order valence-corrected chi connectivity index (χ3v) is 1.67. The second kappa shape index (κ2) is 6.02. The lowest BCUT2D eigenvalue weighted by Gasteiger charge is -2.11.